The molecule has 6 heteroatoms. The van der Waals surface area contributed by atoms with Crippen LogP contribution in [-0.2, 0) is 11.3 Å². The van der Waals surface area contributed by atoms with E-state index in [0.717, 1.165) is 25.7 Å². The number of methoxy groups -OCH3 is 1. The molecule has 1 aliphatic rings. The van der Waals surface area contributed by atoms with Crippen molar-refractivity contribution in [3.63, 3.8) is 0 Å². The normalized spacial score (nSPS) is 22.5. The molecule has 1 aliphatic carbocycles. The first-order valence-electron chi connectivity index (χ1n) is 6.71. The largest absolute Gasteiger partial charge is 0.496 e. The summed E-state index contributed by atoms with van der Waals surface area (Å²) in [6.45, 7) is 0.283. The van der Waals surface area contributed by atoms with E-state index in [4.69, 9.17) is 9.47 Å². The molecule has 1 saturated carbocycles. The van der Waals surface area contributed by atoms with Gasteiger partial charge in [-0.3, -0.25) is 10.1 Å². The number of aliphatic hydroxyl groups excluding tert-OH is 1. The molecule has 1 N–H and O–H groups in total. The van der Waals surface area contributed by atoms with E-state index in [1.54, 1.807) is 6.07 Å². The fourth-order valence-corrected chi connectivity index (χ4v) is 2.41. The molecule has 0 atom stereocenters. The minimum Gasteiger partial charge on any atom is -0.496 e. The standard InChI is InChI=1S/C14H19NO5/c1-19-14-7-2-11(15(17)18)8-10(14)9-20-13-5-3-12(16)4-6-13/h2,7-8,12-13,16H,3-6,9H2,1H3. The molecule has 0 amide bonds. The Morgan fingerprint density at radius 2 is 2.05 bits per heavy atom. The molecule has 1 fully saturated rings. The van der Waals surface area contributed by atoms with Crippen molar-refractivity contribution in [2.75, 3.05) is 7.11 Å². The van der Waals surface area contributed by atoms with Crippen molar-refractivity contribution in [2.45, 2.75) is 44.5 Å². The lowest BCUT2D eigenvalue weighted by Crippen LogP contribution is -2.24. The molecule has 0 heterocycles. The monoisotopic (exact) mass is 281 g/mol. The predicted octanol–water partition coefficient (Wildman–Crippen LogP) is 2.42. The fraction of sp³-hybridized carbons (Fsp3) is 0.571. The van der Waals surface area contributed by atoms with Gasteiger partial charge in [-0.15, -0.1) is 0 Å². The zero-order valence-electron chi connectivity index (χ0n) is 11.4. The third-order valence-electron chi connectivity index (χ3n) is 3.59. The highest BCUT2D eigenvalue weighted by Gasteiger charge is 2.20. The topological polar surface area (TPSA) is 81.8 Å². The van der Waals surface area contributed by atoms with Crippen molar-refractivity contribution in [2.24, 2.45) is 0 Å². The molecular formula is C14H19NO5. The van der Waals surface area contributed by atoms with Crippen molar-refractivity contribution in [1.29, 1.82) is 0 Å². The average Bonchev–Trinajstić information content (AvgIpc) is 2.46. The Morgan fingerprint density at radius 3 is 2.65 bits per heavy atom. The highest BCUT2D eigenvalue weighted by molar-refractivity contribution is 5.43. The van der Waals surface area contributed by atoms with E-state index in [2.05, 4.69) is 0 Å². The number of rotatable bonds is 5. The second-order valence-corrected chi connectivity index (χ2v) is 4.99. The number of nitro benzene ring substituents is 1. The maximum Gasteiger partial charge on any atom is 0.270 e. The Kier molecular flexibility index (Phi) is 4.92. The number of nitro groups is 1. The third kappa shape index (κ3) is 3.68. The summed E-state index contributed by atoms with van der Waals surface area (Å²) in [5, 5.41) is 20.2. The van der Waals surface area contributed by atoms with Crippen LogP contribution >= 0.6 is 0 Å². The molecule has 1 aromatic rings. The average molecular weight is 281 g/mol. The van der Waals surface area contributed by atoms with E-state index in [0.29, 0.717) is 11.3 Å². The van der Waals surface area contributed by atoms with Gasteiger partial charge < -0.3 is 14.6 Å². The number of benzene rings is 1. The molecule has 0 saturated heterocycles. The van der Waals surface area contributed by atoms with E-state index >= 15 is 0 Å². The van der Waals surface area contributed by atoms with Crippen LogP contribution in [0.5, 0.6) is 5.75 Å². The van der Waals surface area contributed by atoms with Crippen molar-refractivity contribution >= 4 is 5.69 Å². The van der Waals surface area contributed by atoms with Gasteiger partial charge in [-0.05, 0) is 31.7 Å². The van der Waals surface area contributed by atoms with Crippen molar-refractivity contribution in [1.82, 2.24) is 0 Å². The number of aliphatic hydroxyl groups is 1. The number of hydrogen-bond donors (Lipinski definition) is 1. The van der Waals surface area contributed by atoms with Gasteiger partial charge >= 0.3 is 0 Å². The Bertz CT molecular complexity index is 469. The molecule has 0 radical (unpaired) electrons. The Hall–Kier alpha value is -1.66. The van der Waals surface area contributed by atoms with Crippen molar-refractivity contribution in [3.8, 4) is 5.75 Å². The van der Waals surface area contributed by atoms with Gasteiger partial charge in [0.15, 0.2) is 0 Å². The lowest BCUT2D eigenvalue weighted by atomic mass is 9.95. The maximum atomic E-state index is 10.8. The number of non-ortho nitro benzene ring substituents is 1. The summed E-state index contributed by atoms with van der Waals surface area (Å²) in [4.78, 5) is 10.4. The molecular weight excluding hydrogens is 262 g/mol. The van der Waals surface area contributed by atoms with E-state index < -0.39 is 4.92 Å². The van der Waals surface area contributed by atoms with Crippen LogP contribution in [0.3, 0.4) is 0 Å². The Morgan fingerprint density at radius 1 is 1.35 bits per heavy atom. The molecule has 110 valence electrons. The van der Waals surface area contributed by atoms with Crippen LogP contribution in [0.4, 0.5) is 5.69 Å². The summed E-state index contributed by atoms with van der Waals surface area (Å²) in [6, 6.07) is 4.48. The van der Waals surface area contributed by atoms with Crippen LogP contribution in [0.1, 0.15) is 31.2 Å². The van der Waals surface area contributed by atoms with Gasteiger partial charge in [0.2, 0.25) is 0 Å². The van der Waals surface area contributed by atoms with Gasteiger partial charge in [-0.2, -0.15) is 0 Å². The number of ether oxygens (including phenoxy) is 2. The second kappa shape index (κ2) is 6.67. The Labute approximate surface area is 117 Å². The quantitative estimate of drug-likeness (QED) is 0.662. The van der Waals surface area contributed by atoms with E-state index in [9.17, 15) is 15.2 Å². The molecule has 20 heavy (non-hydrogen) atoms. The van der Waals surface area contributed by atoms with Crippen LogP contribution in [0.15, 0.2) is 18.2 Å². The first-order valence-corrected chi connectivity index (χ1v) is 6.71. The first-order chi connectivity index (χ1) is 9.60. The summed E-state index contributed by atoms with van der Waals surface area (Å²) in [5.74, 6) is 0.589. The maximum absolute atomic E-state index is 10.8. The lowest BCUT2D eigenvalue weighted by Gasteiger charge is -2.25. The molecule has 1 aromatic carbocycles. The molecule has 6 nitrogen and oxygen atoms in total. The predicted molar refractivity (Wildman–Crippen MR) is 72.7 cm³/mol. The van der Waals surface area contributed by atoms with Gasteiger partial charge in [-0.1, -0.05) is 0 Å². The van der Waals surface area contributed by atoms with Gasteiger partial charge in [0, 0.05) is 17.7 Å². The van der Waals surface area contributed by atoms with Crippen LogP contribution in [0.25, 0.3) is 0 Å². The van der Waals surface area contributed by atoms with Crippen molar-refractivity contribution < 1.29 is 19.5 Å². The second-order valence-electron chi connectivity index (χ2n) is 4.99. The minimum atomic E-state index is -0.431. The SMILES string of the molecule is COc1ccc([N+](=O)[O-])cc1COC1CCC(O)CC1. The third-order valence-corrected chi connectivity index (χ3v) is 3.59. The molecule has 0 spiro atoms. The summed E-state index contributed by atoms with van der Waals surface area (Å²) >= 11 is 0. The fourth-order valence-electron chi connectivity index (χ4n) is 2.41. The van der Waals surface area contributed by atoms with E-state index in [-0.39, 0.29) is 24.5 Å². The lowest BCUT2D eigenvalue weighted by molar-refractivity contribution is -0.385. The van der Waals surface area contributed by atoms with Crippen LogP contribution in [0, 0.1) is 10.1 Å². The highest BCUT2D eigenvalue weighted by Crippen LogP contribution is 2.27. The molecule has 0 aromatic heterocycles. The van der Waals surface area contributed by atoms with Gasteiger partial charge in [0.25, 0.3) is 5.69 Å². The van der Waals surface area contributed by atoms with Crippen LogP contribution in [0.2, 0.25) is 0 Å². The Balaban J connectivity index is 2.00. The molecule has 0 unspecified atom stereocenters. The summed E-state index contributed by atoms with van der Waals surface area (Å²) in [7, 11) is 1.53. The smallest absolute Gasteiger partial charge is 0.270 e. The van der Waals surface area contributed by atoms with Crippen LogP contribution < -0.4 is 4.74 Å². The summed E-state index contributed by atoms with van der Waals surface area (Å²) in [6.07, 6.45) is 3.01. The number of nitrogens with zero attached hydrogens (tertiary/aromatic N) is 1. The van der Waals surface area contributed by atoms with Gasteiger partial charge in [-0.25, -0.2) is 0 Å². The zero-order chi connectivity index (χ0) is 14.5. The van der Waals surface area contributed by atoms with E-state index in [1.807, 2.05) is 0 Å². The molecule has 0 aliphatic heterocycles. The van der Waals surface area contributed by atoms with Gasteiger partial charge in [0.1, 0.15) is 5.75 Å². The minimum absolute atomic E-state index is 0.0310. The first kappa shape index (κ1) is 14.7. The molecule has 0 bridgehead atoms. The van der Waals surface area contributed by atoms with Gasteiger partial charge in [0.05, 0.1) is 30.8 Å². The van der Waals surface area contributed by atoms with Crippen LogP contribution in [-0.4, -0.2) is 29.3 Å². The number of hydrogen-bond acceptors (Lipinski definition) is 5. The molecule has 2 rings (SSSR count). The van der Waals surface area contributed by atoms with Crippen molar-refractivity contribution in [3.05, 3.63) is 33.9 Å². The zero-order valence-corrected chi connectivity index (χ0v) is 11.4. The summed E-state index contributed by atoms with van der Waals surface area (Å²) < 4.78 is 11.0. The highest BCUT2D eigenvalue weighted by atomic mass is 16.6. The summed E-state index contributed by atoms with van der Waals surface area (Å²) in [5.41, 5.74) is 0.705. The van der Waals surface area contributed by atoms with E-state index in [1.165, 1.54) is 19.2 Å².